The number of hydrogen-bond donors (Lipinski definition) is 2. The van der Waals surface area contributed by atoms with Crippen LogP contribution < -0.4 is 4.72 Å². The van der Waals surface area contributed by atoms with Crippen molar-refractivity contribution in [2.45, 2.75) is 36.3 Å². The molecule has 2 heterocycles. The Hall–Kier alpha value is -3.05. The Morgan fingerprint density at radius 1 is 1.00 bits per heavy atom. The highest BCUT2D eigenvalue weighted by Gasteiger charge is 2.44. The fourth-order valence-electron chi connectivity index (χ4n) is 4.75. The van der Waals surface area contributed by atoms with Gasteiger partial charge >= 0.3 is 5.97 Å². The van der Waals surface area contributed by atoms with Gasteiger partial charge in [-0.3, -0.25) is 4.72 Å². The lowest BCUT2D eigenvalue weighted by Crippen LogP contribution is -2.49. The van der Waals surface area contributed by atoms with E-state index in [0.29, 0.717) is 51.6 Å². The maximum atomic E-state index is 13.6. The molecular formula is C30H45N3O11S. The summed E-state index contributed by atoms with van der Waals surface area (Å²) in [5.74, 6) is -1.41. The molecule has 2 aromatic rings. The van der Waals surface area contributed by atoms with Gasteiger partial charge in [-0.1, -0.05) is 19.1 Å². The van der Waals surface area contributed by atoms with Gasteiger partial charge in [0.2, 0.25) is 0 Å². The second-order valence-electron chi connectivity index (χ2n) is 10.5. The summed E-state index contributed by atoms with van der Waals surface area (Å²) in [5.41, 5.74) is -0.262. The summed E-state index contributed by atoms with van der Waals surface area (Å²) >= 11 is 0. The SMILES string of the molecule is CCC(C1=C(O)CC(COCCOCCOC)(COCCOCCOC)OC1=O)c1cccc(NS(=O)(=O)c2cn(C)cn2)c1. The summed E-state index contributed by atoms with van der Waals surface area (Å²) in [4.78, 5) is 17.5. The summed E-state index contributed by atoms with van der Waals surface area (Å²) in [5, 5.41) is 11.2. The van der Waals surface area contributed by atoms with E-state index in [9.17, 15) is 18.3 Å². The lowest BCUT2D eigenvalue weighted by molar-refractivity contribution is -0.179. The Morgan fingerprint density at radius 2 is 1.60 bits per heavy atom. The van der Waals surface area contributed by atoms with Gasteiger partial charge in [0.1, 0.15) is 5.76 Å². The number of aromatic nitrogens is 2. The molecule has 1 aromatic heterocycles. The number of hydrogen-bond acceptors (Lipinski definition) is 12. The van der Waals surface area contributed by atoms with Crippen molar-refractivity contribution < 1.29 is 51.5 Å². The van der Waals surface area contributed by atoms with Gasteiger partial charge in [-0.05, 0) is 24.1 Å². The Bertz CT molecular complexity index is 1330. The third-order valence-corrected chi connectivity index (χ3v) is 8.19. The summed E-state index contributed by atoms with van der Waals surface area (Å²) in [6.07, 6.45) is 3.18. The minimum atomic E-state index is -3.93. The zero-order valence-corrected chi connectivity index (χ0v) is 27.2. The van der Waals surface area contributed by atoms with Crippen LogP contribution in [-0.2, 0) is 55.0 Å². The highest BCUT2D eigenvalue weighted by molar-refractivity contribution is 7.92. The molecule has 3 rings (SSSR count). The number of ether oxygens (including phenoxy) is 7. The maximum Gasteiger partial charge on any atom is 0.338 e. The number of sulfonamides is 1. The molecule has 1 unspecified atom stereocenters. The Kier molecular flexibility index (Phi) is 14.7. The molecule has 14 nitrogen and oxygen atoms in total. The number of rotatable bonds is 22. The minimum absolute atomic E-state index is 0.0319. The van der Waals surface area contributed by atoms with Crippen LogP contribution in [0, 0.1) is 0 Å². The van der Waals surface area contributed by atoms with E-state index in [1.54, 1.807) is 45.5 Å². The lowest BCUT2D eigenvalue weighted by atomic mass is 9.83. The number of esters is 1. The number of aliphatic hydroxyl groups is 1. The van der Waals surface area contributed by atoms with Crippen LogP contribution in [0.5, 0.6) is 0 Å². The molecule has 0 radical (unpaired) electrons. The maximum absolute atomic E-state index is 13.6. The summed E-state index contributed by atoms with van der Waals surface area (Å²) in [7, 11) is 0.913. The molecule has 15 heteroatoms. The van der Waals surface area contributed by atoms with Crippen molar-refractivity contribution in [3.63, 3.8) is 0 Å². The van der Waals surface area contributed by atoms with Crippen molar-refractivity contribution in [1.29, 1.82) is 0 Å². The number of carbonyl (C=O) groups excluding carboxylic acids is 1. The first-order chi connectivity index (χ1) is 21.6. The van der Waals surface area contributed by atoms with Crippen LogP contribution in [0.4, 0.5) is 5.69 Å². The number of aryl methyl sites for hydroxylation is 1. The van der Waals surface area contributed by atoms with Gasteiger partial charge in [0.15, 0.2) is 10.6 Å². The zero-order chi connectivity index (χ0) is 32.7. The first kappa shape index (κ1) is 36.4. The molecule has 1 aromatic carbocycles. The molecule has 1 aliphatic rings. The van der Waals surface area contributed by atoms with Crippen LogP contribution >= 0.6 is 0 Å². The number of benzene rings is 1. The number of nitrogens with zero attached hydrogens (tertiary/aromatic N) is 2. The van der Waals surface area contributed by atoms with Gasteiger partial charge in [0.25, 0.3) is 10.0 Å². The topological polar surface area (TPSA) is 166 Å². The van der Waals surface area contributed by atoms with E-state index in [1.165, 1.54) is 17.1 Å². The third kappa shape index (κ3) is 11.1. The van der Waals surface area contributed by atoms with E-state index >= 15 is 0 Å². The molecule has 45 heavy (non-hydrogen) atoms. The van der Waals surface area contributed by atoms with Crippen molar-refractivity contribution in [1.82, 2.24) is 9.55 Å². The average Bonchev–Trinajstić information content (AvgIpc) is 3.45. The van der Waals surface area contributed by atoms with Crippen LogP contribution in [0.25, 0.3) is 0 Å². The molecular weight excluding hydrogens is 610 g/mol. The predicted molar refractivity (Wildman–Crippen MR) is 164 cm³/mol. The lowest BCUT2D eigenvalue weighted by Gasteiger charge is -2.38. The molecule has 1 aliphatic heterocycles. The van der Waals surface area contributed by atoms with Crippen LogP contribution in [0.15, 0.2) is 53.1 Å². The van der Waals surface area contributed by atoms with Gasteiger partial charge in [0, 0.05) is 39.1 Å². The summed E-state index contributed by atoms with van der Waals surface area (Å²) < 4.78 is 68.1. The molecule has 252 valence electrons. The number of carbonyl (C=O) groups is 1. The number of nitrogens with one attached hydrogen (secondary N) is 1. The molecule has 1 atom stereocenters. The third-order valence-electron chi connectivity index (χ3n) is 6.92. The van der Waals surface area contributed by atoms with Gasteiger partial charge in [-0.25, -0.2) is 9.78 Å². The molecule has 0 amide bonds. The molecule has 0 spiro atoms. The van der Waals surface area contributed by atoms with Crippen molar-refractivity contribution in [2.24, 2.45) is 7.05 Å². The molecule has 0 saturated carbocycles. The monoisotopic (exact) mass is 655 g/mol. The fourth-order valence-corrected chi connectivity index (χ4v) is 5.79. The molecule has 2 N–H and O–H groups in total. The highest BCUT2D eigenvalue weighted by atomic mass is 32.2. The van der Waals surface area contributed by atoms with Crippen LogP contribution in [-0.4, -0.2) is 115 Å². The highest BCUT2D eigenvalue weighted by Crippen LogP contribution is 2.39. The summed E-state index contributed by atoms with van der Waals surface area (Å²) in [6, 6.07) is 6.67. The standard InChI is InChI=1S/C30H45N3O11S/c1-5-25(23-7-6-8-24(17-23)32-45(36,37)27-19-33(2)22-31-27)28-26(34)18-30(44-29(28)35,20-42-15-13-40-11-9-38-3)21-43-16-14-41-12-10-39-4/h6-8,17,19,22,25,32,34H,5,9-16,18,20-21H2,1-4H3. The number of methoxy groups -OCH3 is 2. The number of cyclic esters (lactones) is 1. The second kappa shape index (κ2) is 18.2. The average molecular weight is 656 g/mol. The van der Waals surface area contributed by atoms with Gasteiger partial charge < -0.3 is 42.8 Å². The molecule has 0 saturated heterocycles. The number of imidazole rings is 1. The van der Waals surface area contributed by atoms with Crippen molar-refractivity contribution in [2.75, 3.05) is 85.0 Å². The van der Waals surface area contributed by atoms with Crippen molar-refractivity contribution >= 4 is 21.7 Å². The van der Waals surface area contributed by atoms with Crippen LogP contribution in [0.2, 0.25) is 0 Å². The van der Waals surface area contributed by atoms with E-state index in [2.05, 4.69) is 9.71 Å². The molecule has 0 bridgehead atoms. The Morgan fingerprint density at radius 3 is 2.13 bits per heavy atom. The van der Waals surface area contributed by atoms with E-state index in [4.69, 9.17) is 33.2 Å². The minimum Gasteiger partial charge on any atom is -0.512 e. The predicted octanol–water partition coefficient (Wildman–Crippen LogP) is 2.57. The van der Waals surface area contributed by atoms with E-state index in [1.807, 2.05) is 6.92 Å². The van der Waals surface area contributed by atoms with Crippen molar-refractivity contribution in [3.05, 3.63) is 53.7 Å². The normalized spacial score (nSPS) is 15.7. The summed E-state index contributed by atoms with van der Waals surface area (Å²) in [6.45, 7) is 4.66. The van der Waals surface area contributed by atoms with Gasteiger partial charge in [-0.15, -0.1) is 0 Å². The quantitative estimate of drug-likeness (QED) is 0.141. The Balaban J connectivity index is 1.75. The Labute approximate surface area is 264 Å². The van der Waals surface area contributed by atoms with Crippen LogP contribution in [0.1, 0.15) is 31.2 Å². The van der Waals surface area contributed by atoms with Gasteiger partial charge in [0.05, 0.1) is 84.4 Å². The first-order valence-corrected chi connectivity index (χ1v) is 16.2. The first-order valence-electron chi connectivity index (χ1n) is 14.7. The smallest absolute Gasteiger partial charge is 0.338 e. The second-order valence-corrected chi connectivity index (χ2v) is 12.1. The van der Waals surface area contributed by atoms with Crippen molar-refractivity contribution in [3.8, 4) is 0 Å². The fraction of sp³-hybridized carbons (Fsp3) is 0.600. The zero-order valence-electron chi connectivity index (χ0n) is 26.4. The van der Waals surface area contributed by atoms with Crippen LogP contribution in [0.3, 0.4) is 0 Å². The largest absolute Gasteiger partial charge is 0.512 e. The molecule has 0 fully saturated rings. The number of anilines is 1. The van der Waals surface area contributed by atoms with E-state index in [-0.39, 0.29) is 54.9 Å². The number of aliphatic hydroxyl groups excluding tert-OH is 1. The van der Waals surface area contributed by atoms with E-state index in [0.717, 1.165) is 0 Å². The van der Waals surface area contributed by atoms with E-state index < -0.39 is 27.5 Å². The molecule has 0 aliphatic carbocycles. The van der Waals surface area contributed by atoms with Gasteiger partial charge in [-0.2, -0.15) is 8.42 Å².